The average Bonchev–Trinajstić information content (AvgIpc) is 2.25. The fraction of sp³-hybridized carbons (Fsp3) is 0.500. The summed E-state index contributed by atoms with van der Waals surface area (Å²) < 4.78 is 0. The minimum absolute atomic E-state index is 0.165. The number of hydrogen-bond donors (Lipinski definition) is 1. The molecule has 0 aliphatic heterocycles. The first-order valence-corrected chi connectivity index (χ1v) is 6.20. The Kier molecular flexibility index (Phi) is 6.14. The largest absolute Gasteiger partial charge is 0.395 e. The van der Waals surface area contributed by atoms with Crippen LogP contribution in [-0.4, -0.2) is 29.7 Å². The van der Waals surface area contributed by atoms with E-state index < -0.39 is 0 Å². The Morgan fingerprint density at radius 2 is 2.00 bits per heavy atom. The monoisotopic (exact) mass is 261 g/mol. The van der Waals surface area contributed by atoms with Crippen molar-refractivity contribution in [2.45, 2.75) is 19.9 Å². The number of nitrogens with zero attached hydrogens (tertiary/aromatic N) is 1. The molecular formula is C12H17Cl2NO. The normalized spacial score (nSPS) is 11.1. The molecule has 0 radical (unpaired) electrons. The van der Waals surface area contributed by atoms with Gasteiger partial charge in [-0.05, 0) is 24.6 Å². The van der Waals surface area contributed by atoms with Gasteiger partial charge in [0.1, 0.15) is 0 Å². The Labute approximate surface area is 107 Å². The van der Waals surface area contributed by atoms with Gasteiger partial charge in [0.05, 0.1) is 16.7 Å². The number of halogens is 2. The van der Waals surface area contributed by atoms with E-state index in [1.165, 1.54) is 0 Å². The smallest absolute Gasteiger partial charge is 0.0637 e. The van der Waals surface area contributed by atoms with Gasteiger partial charge in [0.25, 0.3) is 0 Å². The van der Waals surface area contributed by atoms with Crippen molar-refractivity contribution in [2.24, 2.45) is 0 Å². The number of benzene rings is 1. The summed E-state index contributed by atoms with van der Waals surface area (Å²) in [5.74, 6) is 0. The molecule has 0 spiro atoms. The summed E-state index contributed by atoms with van der Waals surface area (Å²) in [7, 11) is 0. The molecule has 0 fully saturated rings. The van der Waals surface area contributed by atoms with Gasteiger partial charge < -0.3 is 5.11 Å². The molecule has 1 aromatic carbocycles. The van der Waals surface area contributed by atoms with E-state index in [1.807, 2.05) is 12.1 Å². The van der Waals surface area contributed by atoms with Crippen LogP contribution in [0.15, 0.2) is 18.2 Å². The van der Waals surface area contributed by atoms with E-state index in [0.717, 1.165) is 25.1 Å². The predicted octanol–water partition coefficient (Wildman–Crippen LogP) is 3.20. The van der Waals surface area contributed by atoms with Crippen LogP contribution in [0.2, 0.25) is 10.0 Å². The maximum atomic E-state index is 8.96. The molecule has 0 unspecified atom stereocenters. The topological polar surface area (TPSA) is 23.5 Å². The van der Waals surface area contributed by atoms with E-state index in [4.69, 9.17) is 28.3 Å². The molecule has 0 aliphatic rings. The molecule has 0 heterocycles. The van der Waals surface area contributed by atoms with Crippen molar-refractivity contribution in [2.75, 3.05) is 19.7 Å². The van der Waals surface area contributed by atoms with E-state index in [-0.39, 0.29) is 6.61 Å². The highest BCUT2D eigenvalue weighted by molar-refractivity contribution is 6.42. The summed E-state index contributed by atoms with van der Waals surface area (Å²) in [5, 5.41) is 10.2. The second-order valence-electron chi connectivity index (χ2n) is 3.71. The fourth-order valence-electron chi connectivity index (χ4n) is 1.64. The Balaban J connectivity index is 2.72. The summed E-state index contributed by atoms with van der Waals surface area (Å²) in [4.78, 5) is 2.16. The highest BCUT2D eigenvalue weighted by atomic mass is 35.5. The van der Waals surface area contributed by atoms with Crippen LogP contribution >= 0.6 is 23.2 Å². The van der Waals surface area contributed by atoms with E-state index in [0.29, 0.717) is 16.6 Å². The maximum absolute atomic E-state index is 8.96. The molecule has 0 aromatic heterocycles. The van der Waals surface area contributed by atoms with Crippen LogP contribution in [0.4, 0.5) is 0 Å². The number of aliphatic hydroxyl groups excluding tert-OH is 1. The van der Waals surface area contributed by atoms with Gasteiger partial charge in [0.2, 0.25) is 0 Å². The first kappa shape index (κ1) is 13.8. The SMILES string of the molecule is CCCN(CCO)Cc1cccc(Cl)c1Cl. The molecule has 0 aliphatic carbocycles. The van der Waals surface area contributed by atoms with Crippen molar-refractivity contribution in [3.05, 3.63) is 33.8 Å². The van der Waals surface area contributed by atoms with Crippen LogP contribution in [0.5, 0.6) is 0 Å². The van der Waals surface area contributed by atoms with Gasteiger partial charge in [0, 0.05) is 13.1 Å². The van der Waals surface area contributed by atoms with E-state index in [1.54, 1.807) is 6.07 Å². The summed E-state index contributed by atoms with van der Waals surface area (Å²) in [6.07, 6.45) is 1.05. The van der Waals surface area contributed by atoms with E-state index in [2.05, 4.69) is 11.8 Å². The molecule has 2 nitrogen and oxygen atoms in total. The zero-order chi connectivity index (χ0) is 12.0. The van der Waals surface area contributed by atoms with Gasteiger partial charge in [-0.25, -0.2) is 0 Å². The lowest BCUT2D eigenvalue weighted by Gasteiger charge is -2.21. The van der Waals surface area contributed by atoms with Gasteiger partial charge in [-0.15, -0.1) is 0 Å². The molecule has 16 heavy (non-hydrogen) atoms. The van der Waals surface area contributed by atoms with Crippen molar-refractivity contribution < 1.29 is 5.11 Å². The maximum Gasteiger partial charge on any atom is 0.0637 e. The standard InChI is InChI=1S/C12H17Cl2NO/c1-2-6-15(7-8-16)9-10-4-3-5-11(13)12(10)14/h3-5,16H,2,6-9H2,1H3. The van der Waals surface area contributed by atoms with E-state index >= 15 is 0 Å². The average molecular weight is 262 g/mol. The molecule has 4 heteroatoms. The van der Waals surface area contributed by atoms with Crippen molar-refractivity contribution in [3.8, 4) is 0 Å². The lowest BCUT2D eigenvalue weighted by molar-refractivity contribution is 0.190. The molecule has 0 bridgehead atoms. The first-order valence-electron chi connectivity index (χ1n) is 5.45. The van der Waals surface area contributed by atoms with Crippen LogP contribution in [0, 0.1) is 0 Å². The van der Waals surface area contributed by atoms with Crippen molar-refractivity contribution in [1.29, 1.82) is 0 Å². The zero-order valence-electron chi connectivity index (χ0n) is 9.42. The number of aliphatic hydroxyl groups is 1. The number of rotatable bonds is 6. The fourth-order valence-corrected chi connectivity index (χ4v) is 2.02. The third kappa shape index (κ3) is 3.95. The van der Waals surface area contributed by atoms with Crippen LogP contribution < -0.4 is 0 Å². The Morgan fingerprint density at radius 3 is 2.62 bits per heavy atom. The molecule has 0 saturated carbocycles. The van der Waals surface area contributed by atoms with Gasteiger partial charge in [0.15, 0.2) is 0 Å². The third-order valence-electron chi connectivity index (χ3n) is 2.38. The lowest BCUT2D eigenvalue weighted by atomic mass is 10.2. The Hall–Kier alpha value is -0.280. The zero-order valence-corrected chi connectivity index (χ0v) is 10.9. The summed E-state index contributed by atoms with van der Waals surface area (Å²) >= 11 is 12.1. The molecule has 0 amide bonds. The third-order valence-corrected chi connectivity index (χ3v) is 3.24. The van der Waals surface area contributed by atoms with Crippen molar-refractivity contribution in [3.63, 3.8) is 0 Å². The van der Waals surface area contributed by atoms with Crippen LogP contribution in [0.25, 0.3) is 0 Å². The van der Waals surface area contributed by atoms with Gasteiger partial charge >= 0.3 is 0 Å². The summed E-state index contributed by atoms with van der Waals surface area (Å²) in [5.41, 5.74) is 1.01. The second-order valence-corrected chi connectivity index (χ2v) is 4.50. The molecule has 1 N–H and O–H groups in total. The highest BCUT2D eigenvalue weighted by Gasteiger charge is 2.09. The minimum atomic E-state index is 0.165. The molecular weight excluding hydrogens is 245 g/mol. The molecule has 1 rings (SSSR count). The lowest BCUT2D eigenvalue weighted by Crippen LogP contribution is -2.27. The summed E-state index contributed by atoms with van der Waals surface area (Å²) in [6, 6.07) is 5.64. The molecule has 1 aromatic rings. The van der Waals surface area contributed by atoms with Crippen LogP contribution in [0.1, 0.15) is 18.9 Å². The molecule has 0 atom stereocenters. The van der Waals surface area contributed by atoms with Crippen LogP contribution in [0.3, 0.4) is 0 Å². The van der Waals surface area contributed by atoms with Crippen molar-refractivity contribution in [1.82, 2.24) is 4.90 Å². The van der Waals surface area contributed by atoms with E-state index in [9.17, 15) is 0 Å². The molecule has 90 valence electrons. The first-order chi connectivity index (χ1) is 7.69. The highest BCUT2D eigenvalue weighted by Crippen LogP contribution is 2.26. The quantitative estimate of drug-likeness (QED) is 0.851. The van der Waals surface area contributed by atoms with Crippen LogP contribution in [-0.2, 0) is 6.54 Å². The molecule has 0 saturated heterocycles. The van der Waals surface area contributed by atoms with Gasteiger partial charge in [-0.2, -0.15) is 0 Å². The predicted molar refractivity (Wildman–Crippen MR) is 69.1 cm³/mol. The minimum Gasteiger partial charge on any atom is -0.395 e. The van der Waals surface area contributed by atoms with Gasteiger partial charge in [-0.3, -0.25) is 4.90 Å². The van der Waals surface area contributed by atoms with Crippen molar-refractivity contribution >= 4 is 23.2 Å². The Bertz CT molecular complexity index is 325. The van der Waals surface area contributed by atoms with Gasteiger partial charge in [-0.1, -0.05) is 42.3 Å². The Morgan fingerprint density at radius 1 is 1.25 bits per heavy atom. The number of hydrogen-bond acceptors (Lipinski definition) is 2. The summed E-state index contributed by atoms with van der Waals surface area (Å²) in [6.45, 7) is 4.62. The second kappa shape index (κ2) is 7.13.